The Morgan fingerprint density at radius 2 is 2.24 bits per heavy atom. The van der Waals surface area contributed by atoms with Crippen molar-refractivity contribution in [3.63, 3.8) is 0 Å². The highest BCUT2D eigenvalue weighted by Gasteiger charge is 2.20. The van der Waals surface area contributed by atoms with Gasteiger partial charge in [0.1, 0.15) is 0 Å². The van der Waals surface area contributed by atoms with Crippen LogP contribution in [0.15, 0.2) is 12.3 Å². The monoisotopic (exact) mass is 257 g/mol. The van der Waals surface area contributed by atoms with Gasteiger partial charge in [-0.1, -0.05) is 6.92 Å². The molecule has 0 saturated carbocycles. The molecule has 0 aliphatic rings. The van der Waals surface area contributed by atoms with Crippen molar-refractivity contribution in [3.8, 4) is 0 Å². The van der Waals surface area contributed by atoms with Gasteiger partial charge in [-0.3, -0.25) is 4.68 Å². The van der Waals surface area contributed by atoms with Crippen molar-refractivity contribution in [1.29, 1.82) is 0 Å². The van der Waals surface area contributed by atoms with Gasteiger partial charge in [-0.05, 0) is 39.7 Å². The van der Waals surface area contributed by atoms with Gasteiger partial charge in [0.2, 0.25) is 0 Å². The predicted molar refractivity (Wildman–Crippen MR) is 73.5 cm³/mol. The molecule has 0 bridgehead atoms. The summed E-state index contributed by atoms with van der Waals surface area (Å²) in [6.07, 6.45) is 4.09. The van der Waals surface area contributed by atoms with Crippen molar-refractivity contribution in [2.45, 2.75) is 58.7 Å². The van der Waals surface area contributed by atoms with E-state index in [-0.39, 0.29) is 5.54 Å². The lowest BCUT2D eigenvalue weighted by atomic mass is 9.95. The van der Waals surface area contributed by atoms with Crippen molar-refractivity contribution in [2.24, 2.45) is 0 Å². The van der Waals surface area contributed by atoms with Gasteiger partial charge >= 0.3 is 0 Å². The Balaban J connectivity index is 2.53. The van der Waals surface area contributed by atoms with E-state index in [1.807, 2.05) is 10.9 Å². The van der Waals surface area contributed by atoms with Crippen LogP contribution in [0.1, 0.15) is 52.3 Å². The van der Waals surface area contributed by atoms with E-state index < -0.39 is 0 Å². The highest BCUT2D eigenvalue weighted by molar-refractivity contribution is 6.17. The standard InChI is InChI=1S/C13H24ClN3/c1-5-13(4,7-8-14)15-10-12-6-9-17(16-12)11(2)3/h6,9,11,15H,5,7-8,10H2,1-4H3. The Bertz CT molecular complexity index is 335. The van der Waals surface area contributed by atoms with Crippen molar-refractivity contribution >= 4 is 11.6 Å². The molecule has 0 fully saturated rings. The molecule has 0 aromatic carbocycles. The average Bonchev–Trinajstić information content (AvgIpc) is 2.76. The van der Waals surface area contributed by atoms with Crippen LogP contribution in [0.25, 0.3) is 0 Å². The van der Waals surface area contributed by atoms with E-state index in [2.05, 4.69) is 44.2 Å². The van der Waals surface area contributed by atoms with Crippen molar-refractivity contribution in [1.82, 2.24) is 15.1 Å². The van der Waals surface area contributed by atoms with Gasteiger partial charge in [0.25, 0.3) is 0 Å². The summed E-state index contributed by atoms with van der Waals surface area (Å²) in [5.74, 6) is 0.692. The summed E-state index contributed by atoms with van der Waals surface area (Å²) in [4.78, 5) is 0. The van der Waals surface area contributed by atoms with Gasteiger partial charge in [-0.25, -0.2) is 0 Å². The van der Waals surface area contributed by atoms with E-state index >= 15 is 0 Å². The summed E-state index contributed by atoms with van der Waals surface area (Å²) >= 11 is 5.83. The summed E-state index contributed by atoms with van der Waals surface area (Å²) in [6, 6.07) is 2.49. The molecule has 4 heteroatoms. The summed E-state index contributed by atoms with van der Waals surface area (Å²) in [7, 11) is 0. The number of nitrogens with one attached hydrogen (secondary N) is 1. The third kappa shape index (κ3) is 4.32. The largest absolute Gasteiger partial charge is 0.306 e. The van der Waals surface area contributed by atoms with Crippen LogP contribution in [-0.4, -0.2) is 21.2 Å². The fourth-order valence-electron chi connectivity index (χ4n) is 1.66. The smallest absolute Gasteiger partial charge is 0.0762 e. The maximum Gasteiger partial charge on any atom is 0.0762 e. The van der Waals surface area contributed by atoms with Gasteiger partial charge in [-0.15, -0.1) is 11.6 Å². The molecule has 0 radical (unpaired) electrons. The summed E-state index contributed by atoms with van der Waals surface area (Å²) in [5.41, 5.74) is 1.21. The first-order valence-corrected chi connectivity index (χ1v) is 6.89. The van der Waals surface area contributed by atoms with E-state index in [0.29, 0.717) is 11.9 Å². The third-order valence-corrected chi connectivity index (χ3v) is 3.50. The third-order valence-electron chi connectivity index (χ3n) is 3.32. The van der Waals surface area contributed by atoms with Crippen LogP contribution in [0.3, 0.4) is 0 Å². The minimum Gasteiger partial charge on any atom is -0.306 e. The van der Waals surface area contributed by atoms with E-state index in [0.717, 1.165) is 25.1 Å². The van der Waals surface area contributed by atoms with Crippen LogP contribution in [0.4, 0.5) is 0 Å². The Morgan fingerprint density at radius 3 is 2.71 bits per heavy atom. The molecule has 0 saturated heterocycles. The maximum atomic E-state index is 5.83. The molecule has 1 aromatic heterocycles. The molecule has 1 N–H and O–H groups in total. The lowest BCUT2D eigenvalue weighted by molar-refractivity contribution is 0.328. The van der Waals surface area contributed by atoms with Crippen LogP contribution in [0.2, 0.25) is 0 Å². The number of hydrogen-bond donors (Lipinski definition) is 1. The SMILES string of the molecule is CCC(C)(CCCl)NCc1ccn(C(C)C)n1. The second-order valence-corrected chi connectivity index (χ2v) is 5.47. The minimum absolute atomic E-state index is 0.114. The zero-order chi connectivity index (χ0) is 12.9. The number of rotatable bonds is 7. The lowest BCUT2D eigenvalue weighted by Gasteiger charge is -2.28. The summed E-state index contributed by atoms with van der Waals surface area (Å²) in [5, 5.41) is 8.08. The summed E-state index contributed by atoms with van der Waals surface area (Å²) < 4.78 is 1.99. The fraction of sp³-hybridized carbons (Fsp3) is 0.769. The first-order valence-electron chi connectivity index (χ1n) is 6.36. The molecule has 98 valence electrons. The number of hydrogen-bond acceptors (Lipinski definition) is 2. The van der Waals surface area contributed by atoms with Gasteiger partial charge in [0, 0.05) is 30.2 Å². The van der Waals surface area contributed by atoms with Gasteiger partial charge in [0.15, 0.2) is 0 Å². The number of aromatic nitrogens is 2. The van der Waals surface area contributed by atoms with E-state index in [1.165, 1.54) is 0 Å². The van der Waals surface area contributed by atoms with Crippen LogP contribution in [-0.2, 0) is 6.54 Å². The Kier molecular flexibility index (Phi) is 5.47. The number of alkyl halides is 1. The quantitative estimate of drug-likeness (QED) is 0.760. The topological polar surface area (TPSA) is 29.9 Å². The Labute approximate surface area is 110 Å². The fourth-order valence-corrected chi connectivity index (χ4v) is 2.08. The van der Waals surface area contributed by atoms with Gasteiger partial charge in [0.05, 0.1) is 5.69 Å². The molecular weight excluding hydrogens is 234 g/mol. The zero-order valence-corrected chi connectivity index (χ0v) is 12.1. The highest BCUT2D eigenvalue weighted by atomic mass is 35.5. The van der Waals surface area contributed by atoms with E-state index in [9.17, 15) is 0 Å². The Hall–Kier alpha value is -0.540. The lowest BCUT2D eigenvalue weighted by Crippen LogP contribution is -2.41. The minimum atomic E-state index is 0.114. The second-order valence-electron chi connectivity index (χ2n) is 5.09. The first kappa shape index (κ1) is 14.5. The van der Waals surface area contributed by atoms with Crippen molar-refractivity contribution in [3.05, 3.63) is 18.0 Å². The van der Waals surface area contributed by atoms with Crippen LogP contribution in [0.5, 0.6) is 0 Å². The van der Waals surface area contributed by atoms with Crippen molar-refractivity contribution in [2.75, 3.05) is 5.88 Å². The van der Waals surface area contributed by atoms with Crippen LogP contribution in [0, 0.1) is 0 Å². The van der Waals surface area contributed by atoms with Crippen molar-refractivity contribution < 1.29 is 0 Å². The normalized spacial score (nSPS) is 15.2. The number of halogens is 1. The molecule has 0 aliphatic heterocycles. The first-order chi connectivity index (χ1) is 8.00. The Morgan fingerprint density at radius 1 is 1.53 bits per heavy atom. The van der Waals surface area contributed by atoms with Gasteiger partial charge in [-0.2, -0.15) is 5.10 Å². The predicted octanol–water partition coefficient (Wildman–Crippen LogP) is 3.35. The van der Waals surface area contributed by atoms with E-state index in [1.54, 1.807) is 0 Å². The molecular formula is C13H24ClN3. The molecule has 1 rings (SSSR count). The molecule has 3 nitrogen and oxygen atoms in total. The molecule has 17 heavy (non-hydrogen) atoms. The van der Waals surface area contributed by atoms with Gasteiger partial charge < -0.3 is 5.32 Å². The highest BCUT2D eigenvalue weighted by Crippen LogP contribution is 2.16. The number of nitrogens with zero attached hydrogens (tertiary/aromatic N) is 2. The van der Waals surface area contributed by atoms with E-state index in [4.69, 9.17) is 11.6 Å². The second kappa shape index (κ2) is 6.41. The molecule has 1 unspecified atom stereocenters. The zero-order valence-electron chi connectivity index (χ0n) is 11.3. The molecule has 0 spiro atoms. The average molecular weight is 258 g/mol. The molecule has 0 aliphatic carbocycles. The molecule has 1 heterocycles. The summed E-state index contributed by atoms with van der Waals surface area (Å²) in [6.45, 7) is 9.48. The molecule has 0 amide bonds. The van der Waals surface area contributed by atoms with Crippen LogP contribution < -0.4 is 5.32 Å². The molecule has 1 aromatic rings. The van der Waals surface area contributed by atoms with Crippen LogP contribution >= 0.6 is 11.6 Å². The molecule has 1 atom stereocenters. The maximum absolute atomic E-state index is 5.83.